The molecule has 0 atom stereocenters. The molecule has 1 aliphatic rings. The van der Waals surface area contributed by atoms with Crippen LogP contribution in [0.5, 0.6) is 5.88 Å². The number of ether oxygens (including phenoxy) is 1. The van der Waals surface area contributed by atoms with E-state index in [2.05, 4.69) is 5.10 Å². The van der Waals surface area contributed by atoms with Crippen LogP contribution in [0.3, 0.4) is 0 Å². The minimum Gasteiger partial charge on any atom is -0.472 e. The lowest BCUT2D eigenvalue weighted by atomic mass is 10.1. The van der Waals surface area contributed by atoms with Crippen LogP contribution in [0.25, 0.3) is 0 Å². The van der Waals surface area contributed by atoms with Gasteiger partial charge in [-0.3, -0.25) is 9.48 Å². The molecular weight excluding hydrogens is 378 g/mol. The predicted molar refractivity (Wildman–Crippen MR) is 98.8 cm³/mol. The normalized spacial score (nSPS) is 12.9. The van der Waals surface area contributed by atoms with E-state index in [0.29, 0.717) is 24.5 Å². The van der Waals surface area contributed by atoms with Gasteiger partial charge in [0.25, 0.3) is 5.91 Å². The number of aromatic nitrogens is 2. The Labute approximate surface area is 165 Å². The van der Waals surface area contributed by atoms with E-state index >= 15 is 0 Å². The summed E-state index contributed by atoms with van der Waals surface area (Å²) in [6.07, 6.45) is 0. The molecule has 4 rings (SSSR count). The molecule has 2 heterocycles. The molecule has 0 unspecified atom stereocenters. The van der Waals surface area contributed by atoms with Crippen LogP contribution in [0.2, 0.25) is 0 Å². The number of nitriles is 1. The van der Waals surface area contributed by atoms with E-state index in [1.54, 1.807) is 27.8 Å². The molecule has 2 aromatic carbocycles. The Morgan fingerprint density at radius 1 is 1.14 bits per heavy atom. The van der Waals surface area contributed by atoms with Crippen LogP contribution >= 0.6 is 0 Å². The molecule has 0 bridgehead atoms. The molecule has 8 heteroatoms. The third kappa shape index (κ3) is 4.09. The molecule has 1 aromatic heterocycles. The number of rotatable bonds is 4. The molecule has 0 aliphatic carbocycles. The number of carbonyl (C=O) groups excluding carboxylic acids is 1. The van der Waals surface area contributed by atoms with Gasteiger partial charge in [-0.2, -0.15) is 5.26 Å². The van der Waals surface area contributed by atoms with E-state index in [-0.39, 0.29) is 36.0 Å². The first-order valence-electron chi connectivity index (χ1n) is 8.96. The van der Waals surface area contributed by atoms with Gasteiger partial charge in [-0.05, 0) is 35.9 Å². The lowest BCUT2D eigenvalue weighted by molar-refractivity contribution is 0.0705. The Kier molecular flexibility index (Phi) is 4.96. The van der Waals surface area contributed by atoms with E-state index in [4.69, 9.17) is 10.00 Å². The summed E-state index contributed by atoms with van der Waals surface area (Å²) in [6, 6.07) is 13.3. The second-order valence-corrected chi connectivity index (χ2v) is 6.68. The first kappa shape index (κ1) is 18.6. The van der Waals surface area contributed by atoms with Gasteiger partial charge in [-0.1, -0.05) is 12.1 Å². The quantitative estimate of drug-likeness (QED) is 0.681. The fourth-order valence-corrected chi connectivity index (χ4v) is 3.23. The molecular formula is C21H16F2N4O2. The van der Waals surface area contributed by atoms with Crippen molar-refractivity contribution in [2.24, 2.45) is 0 Å². The second kappa shape index (κ2) is 7.72. The first-order chi connectivity index (χ1) is 14.0. The van der Waals surface area contributed by atoms with Crippen LogP contribution in [0.4, 0.5) is 8.78 Å². The van der Waals surface area contributed by atoms with Crippen molar-refractivity contribution in [3.63, 3.8) is 0 Å². The van der Waals surface area contributed by atoms with E-state index in [1.807, 2.05) is 6.07 Å². The molecule has 0 spiro atoms. The third-order valence-electron chi connectivity index (χ3n) is 4.61. The largest absolute Gasteiger partial charge is 0.472 e. The van der Waals surface area contributed by atoms with Gasteiger partial charge < -0.3 is 9.64 Å². The van der Waals surface area contributed by atoms with Crippen molar-refractivity contribution < 1.29 is 18.3 Å². The van der Waals surface area contributed by atoms with Crippen LogP contribution in [-0.2, 0) is 19.7 Å². The summed E-state index contributed by atoms with van der Waals surface area (Å²) < 4.78 is 34.3. The molecule has 0 saturated heterocycles. The fourth-order valence-electron chi connectivity index (χ4n) is 3.23. The SMILES string of the molecule is N#Cc1cc(F)cc(C(=O)N2CCn3nc(OCc4cccc(F)c4)cc3C2)c1. The molecule has 146 valence electrons. The number of amides is 1. The van der Waals surface area contributed by atoms with Gasteiger partial charge >= 0.3 is 0 Å². The van der Waals surface area contributed by atoms with Crippen molar-refractivity contribution in [1.82, 2.24) is 14.7 Å². The van der Waals surface area contributed by atoms with Crippen molar-refractivity contribution in [2.45, 2.75) is 19.7 Å². The minimum atomic E-state index is -0.623. The van der Waals surface area contributed by atoms with Crippen LogP contribution < -0.4 is 4.74 Å². The standard InChI is InChI=1S/C21H16F2N4O2/c22-17-3-1-2-14(7-17)13-29-20-10-19-12-26(4-5-27(19)25-20)21(28)16-6-15(11-24)8-18(23)9-16/h1-3,6-10H,4-5,12-13H2. The first-order valence-corrected chi connectivity index (χ1v) is 8.96. The summed E-state index contributed by atoms with van der Waals surface area (Å²) in [5.41, 5.74) is 1.70. The zero-order valence-corrected chi connectivity index (χ0v) is 15.3. The summed E-state index contributed by atoms with van der Waals surface area (Å²) in [5, 5.41) is 13.3. The zero-order chi connectivity index (χ0) is 20.4. The lowest BCUT2D eigenvalue weighted by Crippen LogP contribution is -2.38. The Balaban J connectivity index is 1.45. The van der Waals surface area contributed by atoms with Crippen LogP contribution in [0, 0.1) is 23.0 Å². The molecule has 1 aliphatic heterocycles. The predicted octanol–water partition coefficient (Wildman–Crippen LogP) is 3.27. The van der Waals surface area contributed by atoms with Crippen LogP contribution in [0.15, 0.2) is 48.5 Å². The molecule has 0 saturated carbocycles. The van der Waals surface area contributed by atoms with Crippen molar-refractivity contribution in [1.29, 1.82) is 5.26 Å². The van der Waals surface area contributed by atoms with E-state index in [0.717, 1.165) is 17.8 Å². The average Bonchev–Trinajstić information content (AvgIpc) is 3.13. The number of benzene rings is 2. The highest BCUT2D eigenvalue weighted by Gasteiger charge is 2.24. The Bertz CT molecular complexity index is 1120. The molecule has 0 radical (unpaired) electrons. The van der Waals surface area contributed by atoms with Crippen molar-refractivity contribution >= 4 is 5.91 Å². The number of nitrogens with zero attached hydrogens (tertiary/aromatic N) is 4. The van der Waals surface area contributed by atoms with E-state index < -0.39 is 5.82 Å². The Morgan fingerprint density at radius 2 is 2.00 bits per heavy atom. The number of fused-ring (bicyclic) bond motifs is 1. The number of hydrogen-bond donors (Lipinski definition) is 0. The van der Waals surface area contributed by atoms with E-state index in [1.165, 1.54) is 18.2 Å². The zero-order valence-electron chi connectivity index (χ0n) is 15.3. The van der Waals surface area contributed by atoms with Crippen molar-refractivity contribution in [3.05, 3.63) is 82.5 Å². The monoisotopic (exact) mass is 394 g/mol. The molecule has 0 N–H and O–H groups in total. The molecule has 6 nitrogen and oxygen atoms in total. The smallest absolute Gasteiger partial charge is 0.254 e. The van der Waals surface area contributed by atoms with E-state index in [9.17, 15) is 13.6 Å². The van der Waals surface area contributed by atoms with Gasteiger partial charge in [-0.15, -0.1) is 5.10 Å². The molecule has 29 heavy (non-hydrogen) atoms. The van der Waals surface area contributed by atoms with Crippen LogP contribution in [0.1, 0.15) is 27.2 Å². The summed E-state index contributed by atoms with van der Waals surface area (Å²) in [5.74, 6) is -0.921. The average molecular weight is 394 g/mol. The summed E-state index contributed by atoms with van der Waals surface area (Å²) in [6.45, 7) is 1.32. The van der Waals surface area contributed by atoms with Crippen molar-refractivity contribution in [2.75, 3.05) is 6.54 Å². The van der Waals surface area contributed by atoms with Gasteiger partial charge in [0.1, 0.15) is 18.2 Å². The summed E-state index contributed by atoms with van der Waals surface area (Å²) in [4.78, 5) is 14.3. The van der Waals surface area contributed by atoms with Gasteiger partial charge in [0.2, 0.25) is 5.88 Å². The molecule has 3 aromatic rings. The third-order valence-corrected chi connectivity index (χ3v) is 4.61. The molecule has 1 amide bonds. The maximum absolute atomic E-state index is 13.7. The summed E-state index contributed by atoms with van der Waals surface area (Å²) in [7, 11) is 0. The molecule has 0 fully saturated rings. The highest BCUT2D eigenvalue weighted by atomic mass is 19.1. The highest BCUT2D eigenvalue weighted by Crippen LogP contribution is 2.21. The maximum atomic E-state index is 13.7. The number of hydrogen-bond acceptors (Lipinski definition) is 4. The Hall–Kier alpha value is -3.73. The minimum absolute atomic E-state index is 0.100. The van der Waals surface area contributed by atoms with Gasteiger partial charge in [-0.25, -0.2) is 8.78 Å². The second-order valence-electron chi connectivity index (χ2n) is 6.68. The topological polar surface area (TPSA) is 71.2 Å². The Morgan fingerprint density at radius 3 is 2.79 bits per heavy atom. The van der Waals surface area contributed by atoms with Crippen LogP contribution in [-0.4, -0.2) is 27.1 Å². The highest BCUT2D eigenvalue weighted by molar-refractivity contribution is 5.94. The number of carbonyl (C=O) groups is 1. The maximum Gasteiger partial charge on any atom is 0.254 e. The van der Waals surface area contributed by atoms with Gasteiger partial charge in [0.15, 0.2) is 0 Å². The summed E-state index contributed by atoms with van der Waals surface area (Å²) >= 11 is 0. The van der Waals surface area contributed by atoms with Gasteiger partial charge in [0, 0.05) is 18.2 Å². The fraction of sp³-hybridized carbons (Fsp3) is 0.190. The lowest BCUT2D eigenvalue weighted by Gasteiger charge is -2.27. The van der Waals surface area contributed by atoms with Crippen molar-refractivity contribution in [3.8, 4) is 11.9 Å². The van der Waals surface area contributed by atoms with Gasteiger partial charge in [0.05, 0.1) is 30.4 Å². The number of halogens is 2.